The summed E-state index contributed by atoms with van der Waals surface area (Å²) in [5, 5.41) is 23.4. The van der Waals surface area contributed by atoms with E-state index in [1.165, 1.54) is 31.4 Å². The number of nitrogens with one attached hydrogen (secondary N) is 1. The van der Waals surface area contributed by atoms with Crippen molar-refractivity contribution in [3.05, 3.63) is 86.4 Å². The van der Waals surface area contributed by atoms with Crippen molar-refractivity contribution in [2.45, 2.75) is 12.7 Å². The standard InChI is InChI=1S/C22H16ClF3N2O6/c1-33-19-8-12(11-27-15-4-2-3-13(9-15)21(29)30)7-16(23)20(19)34-18-6-5-14(22(24,25)26)10-17(18)28(31)32/h2-10,27H,11H2,1H3,(H,29,30). The van der Waals surface area contributed by atoms with E-state index < -0.39 is 34.1 Å². The molecule has 0 saturated carbocycles. The molecule has 0 aliphatic heterocycles. The lowest BCUT2D eigenvalue weighted by Gasteiger charge is -2.15. The Kier molecular flexibility index (Phi) is 7.16. The highest BCUT2D eigenvalue weighted by atomic mass is 35.5. The summed E-state index contributed by atoms with van der Waals surface area (Å²) in [5.41, 5.74) is -0.856. The van der Waals surface area contributed by atoms with Crippen LogP contribution in [0.25, 0.3) is 0 Å². The molecule has 3 aromatic carbocycles. The van der Waals surface area contributed by atoms with Crippen molar-refractivity contribution in [1.82, 2.24) is 0 Å². The van der Waals surface area contributed by atoms with Gasteiger partial charge in [-0.1, -0.05) is 17.7 Å². The summed E-state index contributed by atoms with van der Waals surface area (Å²) >= 11 is 6.29. The molecule has 0 aromatic heterocycles. The average molecular weight is 497 g/mol. The Bertz CT molecular complexity index is 1250. The van der Waals surface area contributed by atoms with Gasteiger partial charge in [0.05, 0.1) is 28.2 Å². The van der Waals surface area contributed by atoms with Crippen molar-refractivity contribution in [3.8, 4) is 17.2 Å². The molecular weight excluding hydrogens is 481 g/mol. The number of hydrogen-bond donors (Lipinski definition) is 2. The molecule has 8 nitrogen and oxygen atoms in total. The number of carboxylic acid groups (broad SMARTS) is 1. The van der Waals surface area contributed by atoms with Gasteiger partial charge in [0.2, 0.25) is 5.75 Å². The van der Waals surface area contributed by atoms with Gasteiger partial charge in [0.25, 0.3) is 0 Å². The van der Waals surface area contributed by atoms with Gasteiger partial charge in [-0.25, -0.2) is 4.79 Å². The van der Waals surface area contributed by atoms with Crippen LogP contribution < -0.4 is 14.8 Å². The summed E-state index contributed by atoms with van der Waals surface area (Å²) < 4.78 is 49.6. The van der Waals surface area contributed by atoms with Gasteiger partial charge in [-0.3, -0.25) is 10.1 Å². The summed E-state index contributed by atoms with van der Waals surface area (Å²) in [6.45, 7) is 0.208. The number of methoxy groups -OCH3 is 1. The predicted octanol–water partition coefficient (Wildman–Crippen LogP) is 6.38. The molecule has 178 valence electrons. The van der Waals surface area contributed by atoms with Crippen LogP contribution in [0.4, 0.5) is 24.5 Å². The first-order valence-electron chi connectivity index (χ1n) is 9.46. The number of nitrogens with zero attached hydrogens (tertiary/aromatic N) is 1. The molecule has 12 heteroatoms. The zero-order valence-electron chi connectivity index (χ0n) is 17.4. The van der Waals surface area contributed by atoms with Crippen molar-refractivity contribution in [2.75, 3.05) is 12.4 Å². The van der Waals surface area contributed by atoms with Crippen LogP contribution in [-0.4, -0.2) is 23.1 Å². The Morgan fingerprint density at radius 3 is 2.50 bits per heavy atom. The van der Waals surface area contributed by atoms with Crippen molar-refractivity contribution >= 4 is 28.9 Å². The highest BCUT2D eigenvalue weighted by Crippen LogP contribution is 2.43. The van der Waals surface area contributed by atoms with Crippen molar-refractivity contribution < 1.29 is 37.5 Å². The van der Waals surface area contributed by atoms with Gasteiger partial charge in [0.15, 0.2) is 11.5 Å². The molecular formula is C22H16ClF3N2O6. The minimum Gasteiger partial charge on any atom is -0.493 e. The molecule has 0 heterocycles. The SMILES string of the molecule is COc1cc(CNc2cccc(C(=O)O)c2)cc(Cl)c1Oc1ccc(C(F)(F)F)cc1[N+](=O)[O-]. The normalized spacial score (nSPS) is 11.1. The molecule has 0 atom stereocenters. The van der Waals surface area contributed by atoms with Gasteiger partial charge in [0.1, 0.15) is 0 Å². The van der Waals surface area contributed by atoms with Crippen LogP contribution in [0.3, 0.4) is 0 Å². The predicted molar refractivity (Wildman–Crippen MR) is 117 cm³/mol. The van der Waals surface area contributed by atoms with Crippen LogP contribution in [0, 0.1) is 10.1 Å². The number of benzene rings is 3. The largest absolute Gasteiger partial charge is 0.493 e. The number of rotatable bonds is 8. The third kappa shape index (κ3) is 5.67. The molecule has 0 fully saturated rings. The lowest BCUT2D eigenvalue weighted by molar-refractivity contribution is -0.385. The van der Waals surface area contributed by atoms with E-state index in [0.717, 1.165) is 6.07 Å². The van der Waals surface area contributed by atoms with E-state index in [2.05, 4.69) is 5.32 Å². The first kappa shape index (κ1) is 24.6. The fraction of sp³-hybridized carbons (Fsp3) is 0.136. The maximum Gasteiger partial charge on any atom is 0.416 e. The van der Waals surface area contributed by atoms with Crippen LogP contribution in [0.1, 0.15) is 21.5 Å². The van der Waals surface area contributed by atoms with Gasteiger partial charge in [-0.05, 0) is 48.0 Å². The van der Waals surface area contributed by atoms with Gasteiger partial charge >= 0.3 is 17.8 Å². The van der Waals surface area contributed by atoms with Gasteiger partial charge < -0.3 is 19.9 Å². The summed E-state index contributed by atoms with van der Waals surface area (Å²) in [4.78, 5) is 21.4. The Morgan fingerprint density at radius 2 is 1.88 bits per heavy atom. The molecule has 0 saturated heterocycles. The topological polar surface area (TPSA) is 111 Å². The summed E-state index contributed by atoms with van der Waals surface area (Å²) in [6, 6.07) is 11.0. The first-order chi connectivity index (χ1) is 16.0. The van der Waals surface area contributed by atoms with Gasteiger partial charge in [0, 0.05) is 18.3 Å². The van der Waals surface area contributed by atoms with E-state index in [-0.39, 0.29) is 28.6 Å². The fourth-order valence-electron chi connectivity index (χ4n) is 2.97. The second kappa shape index (κ2) is 9.87. The maximum atomic E-state index is 12.9. The second-order valence-electron chi connectivity index (χ2n) is 6.89. The van der Waals surface area contributed by atoms with Crippen LogP contribution in [0.2, 0.25) is 5.02 Å². The number of halogens is 4. The number of hydrogen-bond acceptors (Lipinski definition) is 6. The molecule has 0 radical (unpaired) electrons. The van der Waals surface area contributed by atoms with Crippen molar-refractivity contribution in [1.29, 1.82) is 0 Å². The summed E-state index contributed by atoms with van der Waals surface area (Å²) in [7, 11) is 1.30. The molecule has 0 unspecified atom stereocenters. The van der Waals surface area contributed by atoms with Crippen molar-refractivity contribution in [3.63, 3.8) is 0 Å². The van der Waals surface area contributed by atoms with Gasteiger partial charge in [-0.15, -0.1) is 0 Å². The molecule has 0 amide bonds. The highest BCUT2D eigenvalue weighted by molar-refractivity contribution is 6.32. The number of nitro benzene ring substituents is 1. The number of anilines is 1. The maximum absolute atomic E-state index is 12.9. The van der Waals surface area contributed by atoms with Crippen LogP contribution in [0.15, 0.2) is 54.6 Å². The van der Waals surface area contributed by atoms with E-state index >= 15 is 0 Å². The lowest BCUT2D eigenvalue weighted by Crippen LogP contribution is -2.06. The minimum absolute atomic E-state index is 0.00960. The number of nitro groups is 1. The van der Waals surface area contributed by atoms with Crippen LogP contribution in [-0.2, 0) is 12.7 Å². The zero-order valence-corrected chi connectivity index (χ0v) is 18.1. The van der Waals surface area contributed by atoms with E-state index in [1.807, 2.05) is 0 Å². The monoisotopic (exact) mass is 496 g/mol. The smallest absolute Gasteiger partial charge is 0.416 e. The number of carboxylic acids is 1. The lowest BCUT2D eigenvalue weighted by atomic mass is 10.1. The number of alkyl halides is 3. The average Bonchev–Trinajstić information content (AvgIpc) is 2.78. The molecule has 2 N–H and O–H groups in total. The van der Waals surface area contributed by atoms with E-state index in [0.29, 0.717) is 23.4 Å². The minimum atomic E-state index is -4.77. The molecule has 34 heavy (non-hydrogen) atoms. The van der Waals surface area contributed by atoms with Gasteiger partial charge in [-0.2, -0.15) is 13.2 Å². The molecule has 3 rings (SSSR count). The first-order valence-corrected chi connectivity index (χ1v) is 9.84. The summed E-state index contributed by atoms with van der Waals surface area (Å²) in [6.07, 6.45) is -4.77. The molecule has 0 bridgehead atoms. The van der Waals surface area contributed by atoms with Crippen LogP contribution >= 0.6 is 11.6 Å². The molecule has 0 aliphatic carbocycles. The number of ether oxygens (including phenoxy) is 2. The molecule has 0 spiro atoms. The third-order valence-corrected chi connectivity index (χ3v) is 4.87. The van der Waals surface area contributed by atoms with E-state index in [9.17, 15) is 28.1 Å². The third-order valence-electron chi connectivity index (χ3n) is 4.59. The number of carbonyl (C=O) groups is 1. The quantitative estimate of drug-likeness (QED) is 0.275. The Morgan fingerprint density at radius 1 is 1.15 bits per heavy atom. The van der Waals surface area contributed by atoms with E-state index in [1.54, 1.807) is 12.1 Å². The Labute approximate surface area is 195 Å². The molecule has 3 aromatic rings. The zero-order chi connectivity index (χ0) is 25.0. The second-order valence-corrected chi connectivity index (χ2v) is 7.30. The highest BCUT2D eigenvalue weighted by Gasteiger charge is 2.33. The Balaban J connectivity index is 1.88. The van der Waals surface area contributed by atoms with Crippen LogP contribution in [0.5, 0.6) is 17.2 Å². The van der Waals surface area contributed by atoms with E-state index in [4.69, 9.17) is 26.2 Å². The Hall–Kier alpha value is -3.99. The molecule has 0 aliphatic rings. The summed E-state index contributed by atoms with van der Waals surface area (Å²) in [5.74, 6) is -1.57. The van der Waals surface area contributed by atoms with Crippen molar-refractivity contribution in [2.24, 2.45) is 0 Å². The number of aromatic carboxylic acids is 1. The fourth-order valence-corrected chi connectivity index (χ4v) is 3.25.